The van der Waals surface area contributed by atoms with Gasteiger partial charge in [-0.1, -0.05) is 30.3 Å². The quantitative estimate of drug-likeness (QED) is 0.722. The Morgan fingerprint density at radius 1 is 1.29 bits per heavy atom. The molecule has 3 rings (SSSR count). The van der Waals surface area contributed by atoms with E-state index in [1.165, 1.54) is 5.56 Å². The molecule has 3 aromatic rings. The fourth-order valence-electron chi connectivity index (χ4n) is 2.33. The van der Waals surface area contributed by atoms with Crippen LogP contribution < -0.4 is 10.6 Å². The summed E-state index contributed by atoms with van der Waals surface area (Å²) < 4.78 is 1.83. The van der Waals surface area contributed by atoms with Crippen LogP contribution in [0.15, 0.2) is 53.5 Å². The van der Waals surface area contributed by atoms with Crippen LogP contribution in [0.3, 0.4) is 0 Å². The molecule has 7 heteroatoms. The number of aromatic nitrogens is 3. The molecule has 0 aliphatic rings. The number of hydrogen-bond donors (Lipinski definition) is 2. The number of nitrogens with zero attached hydrogens (tertiary/aromatic N) is 3. The summed E-state index contributed by atoms with van der Waals surface area (Å²) in [7, 11) is 0. The Hall–Kier alpha value is -2.67. The molecule has 0 spiro atoms. The van der Waals surface area contributed by atoms with Crippen molar-refractivity contribution in [2.24, 2.45) is 0 Å². The Bertz CT molecular complexity index is 769. The highest BCUT2D eigenvalue weighted by Gasteiger charge is 2.10. The molecule has 0 saturated heterocycles. The Morgan fingerprint density at radius 3 is 2.88 bits per heavy atom. The smallest absolute Gasteiger partial charge is 0.320 e. The Kier molecular flexibility index (Phi) is 5.22. The van der Waals surface area contributed by atoms with E-state index in [0.717, 1.165) is 12.1 Å². The third kappa shape index (κ3) is 4.20. The van der Waals surface area contributed by atoms with Crippen molar-refractivity contribution < 1.29 is 4.79 Å². The predicted octanol–water partition coefficient (Wildman–Crippen LogP) is 3.31. The maximum Gasteiger partial charge on any atom is 0.320 e. The van der Waals surface area contributed by atoms with Crippen LogP contribution in [0.2, 0.25) is 0 Å². The van der Waals surface area contributed by atoms with E-state index in [4.69, 9.17) is 0 Å². The fraction of sp³-hybridized carbons (Fsp3) is 0.235. The lowest BCUT2D eigenvalue weighted by molar-refractivity contribution is 0.252. The molecule has 0 fully saturated rings. The molecular weight excluding hydrogens is 322 g/mol. The molecule has 2 aromatic heterocycles. The molecular formula is C17H19N5OS. The first-order valence-electron chi connectivity index (χ1n) is 7.74. The minimum Gasteiger partial charge on any atom is -0.337 e. The van der Waals surface area contributed by atoms with Crippen molar-refractivity contribution in [1.82, 2.24) is 20.1 Å². The number of amides is 2. The Labute approximate surface area is 144 Å². The van der Waals surface area contributed by atoms with Gasteiger partial charge in [-0.15, -0.1) is 11.3 Å². The van der Waals surface area contributed by atoms with E-state index in [0.29, 0.717) is 12.4 Å². The molecule has 6 nitrogen and oxygen atoms in total. The highest BCUT2D eigenvalue weighted by molar-refractivity contribution is 7.07. The summed E-state index contributed by atoms with van der Waals surface area (Å²) in [5.74, 6) is 0.531. The number of carbonyl (C=O) groups excluding carboxylic acids is 1. The van der Waals surface area contributed by atoms with Crippen molar-refractivity contribution in [3.05, 3.63) is 64.7 Å². The lowest BCUT2D eigenvalue weighted by Gasteiger charge is -2.12. The van der Waals surface area contributed by atoms with Crippen LogP contribution in [0.5, 0.6) is 0 Å². The largest absolute Gasteiger partial charge is 0.337 e. The Morgan fingerprint density at radius 2 is 2.12 bits per heavy atom. The number of carbonyl (C=O) groups is 1. The molecule has 24 heavy (non-hydrogen) atoms. The first kappa shape index (κ1) is 16.2. The number of hydrogen-bond acceptors (Lipinski definition) is 4. The van der Waals surface area contributed by atoms with Crippen LogP contribution in [-0.4, -0.2) is 27.3 Å². The van der Waals surface area contributed by atoms with Gasteiger partial charge in [-0.25, -0.2) is 9.78 Å². The second-order valence-corrected chi connectivity index (χ2v) is 6.10. The third-order valence-electron chi connectivity index (χ3n) is 3.68. The lowest BCUT2D eigenvalue weighted by atomic mass is 10.1. The van der Waals surface area contributed by atoms with E-state index in [-0.39, 0.29) is 12.1 Å². The topological polar surface area (TPSA) is 71.8 Å². The maximum absolute atomic E-state index is 11.9. The van der Waals surface area contributed by atoms with Gasteiger partial charge in [0.1, 0.15) is 0 Å². The molecule has 0 aliphatic heterocycles. The summed E-state index contributed by atoms with van der Waals surface area (Å²) in [6.07, 6.45) is 2.58. The number of anilines is 1. The maximum atomic E-state index is 11.9. The average molecular weight is 341 g/mol. The summed E-state index contributed by atoms with van der Waals surface area (Å²) in [5, 5.41) is 12.0. The molecule has 1 aromatic carbocycles. The van der Waals surface area contributed by atoms with Crippen LogP contribution in [-0.2, 0) is 6.42 Å². The van der Waals surface area contributed by atoms with Crippen molar-refractivity contribution in [2.45, 2.75) is 19.4 Å². The fourth-order valence-corrected chi connectivity index (χ4v) is 2.92. The first-order valence-corrected chi connectivity index (χ1v) is 8.68. The van der Waals surface area contributed by atoms with Crippen LogP contribution >= 0.6 is 11.3 Å². The monoisotopic (exact) mass is 341 g/mol. The number of urea groups is 1. The van der Waals surface area contributed by atoms with Crippen molar-refractivity contribution >= 4 is 23.2 Å². The molecule has 0 aliphatic carbocycles. The van der Waals surface area contributed by atoms with Crippen LogP contribution in [0.4, 0.5) is 10.6 Å². The van der Waals surface area contributed by atoms with Gasteiger partial charge in [0.15, 0.2) is 5.82 Å². The van der Waals surface area contributed by atoms with Gasteiger partial charge in [-0.05, 0) is 12.5 Å². The molecule has 124 valence electrons. The molecule has 1 unspecified atom stereocenters. The van der Waals surface area contributed by atoms with E-state index < -0.39 is 0 Å². The minimum atomic E-state index is -0.261. The van der Waals surface area contributed by atoms with Crippen molar-refractivity contribution in [3.8, 4) is 0 Å². The predicted molar refractivity (Wildman–Crippen MR) is 95.3 cm³/mol. The summed E-state index contributed by atoms with van der Waals surface area (Å²) in [6.45, 7) is 2.61. The number of nitrogens with one attached hydrogen (secondary N) is 2. The first-order chi connectivity index (χ1) is 11.7. The molecule has 0 saturated carbocycles. The van der Waals surface area contributed by atoms with E-state index in [2.05, 4.69) is 39.8 Å². The van der Waals surface area contributed by atoms with Crippen molar-refractivity contribution in [2.75, 3.05) is 11.9 Å². The molecule has 2 N–H and O–H groups in total. The summed E-state index contributed by atoms with van der Waals surface area (Å²) in [6, 6.07) is 11.8. The zero-order chi connectivity index (χ0) is 16.8. The van der Waals surface area contributed by atoms with E-state index >= 15 is 0 Å². The number of rotatable bonds is 6. The van der Waals surface area contributed by atoms with Crippen LogP contribution in [0.25, 0.3) is 0 Å². The highest BCUT2D eigenvalue weighted by atomic mass is 32.1. The van der Waals surface area contributed by atoms with Gasteiger partial charge in [0.05, 0.1) is 17.2 Å². The van der Waals surface area contributed by atoms with E-state index in [1.54, 1.807) is 22.9 Å². The van der Waals surface area contributed by atoms with Gasteiger partial charge in [0.25, 0.3) is 0 Å². The minimum absolute atomic E-state index is 0.106. The number of thiazole rings is 1. The van der Waals surface area contributed by atoms with Gasteiger partial charge in [-0.3, -0.25) is 10.00 Å². The average Bonchev–Trinajstić information content (AvgIpc) is 3.27. The van der Waals surface area contributed by atoms with Gasteiger partial charge in [0.2, 0.25) is 0 Å². The van der Waals surface area contributed by atoms with Gasteiger partial charge in [-0.2, -0.15) is 5.10 Å². The summed E-state index contributed by atoms with van der Waals surface area (Å²) in [4.78, 5) is 16.1. The second kappa shape index (κ2) is 7.74. The van der Waals surface area contributed by atoms with Gasteiger partial charge < -0.3 is 5.32 Å². The zero-order valence-corrected chi connectivity index (χ0v) is 14.2. The summed E-state index contributed by atoms with van der Waals surface area (Å²) >= 11 is 1.55. The number of benzene rings is 1. The SMILES string of the molecule is CC(c1ccccc1)n1ccc(NC(=O)NCCc2cscn2)n1. The lowest BCUT2D eigenvalue weighted by Crippen LogP contribution is -2.30. The molecule has 2 amide bonds. The second-order valence-electron chi connectivity index (χ2n) is 5.38. The van der Waals surface area contributed by atoms with E-state index in [1.807, 2.05) is 34.5 Å². The molecule has 2 heterocycles. The van der Waals surface area contributed by atoms with Crippen molar-refractivity contribution in [3.63, 3.8) is 0 Å². The van der Waals surface area contributed by atoms with E-state index in [9.17, 15) is 4.79 Å². The van der Waals surface area contributed by atoms with Gasteiger partial charge in [0, 0.05) is 30.6 Å². The van der Waals surface area contributed by atoms with Crippen LogP contribution in [0.1, 0.15) is 24.2 Å². The molecule has 1 atom stereocenters. The normalized spacial score (nSPS) is 11.9. The highest BCUT2D eigenvalue weighted by Crippen LogP contribution is 2.17. The molecule has 0 bridgehead atoms. The van der Waals surface area contributed by atoms with Crippen LogP contribution in [0, 0.1) is 0 Å². The Balaban J connectivity index is 1.51. The third-order valence-corrected chi connectivity index (χ3v) is 4.31. The zero-order valence-electron chi connectivity index (χ0n) is 13.3. The van der Waals surface area contributed by atoms with Crippen molar-refractivity contribution in [1.29, 1.82) is 0 Å². The van der Waals surface area contributed by atoms with Gasteiger partial charge >= 0.3 is 6.03 Å². The summed E-state index contributed by atoms with van der Waals surface area (Å²) in [5.41, 5.74) is 3.94. The standard InChI is InChI=1S/C17H19N5OS/c1-13(14-5-3-2-4-6-14)22-10-8-16(21-22)20-17(23)18-9-7-15-11-24-12-19-15/h2-6,8,10-13H,7,9H2,1H3,(H2,18,20,21,23). The molecule has 0 radical (unpaired) electrons.